The van der Waals surface area contributed by atoms with Crippen molar-refractivity contribution < 1.29 is 36.3 Å². The maximum atomic E-state index is 13.5. The van der Waals surface area contributed by atoms with E-state index in [4.69, 9.17) is 9.90 Å². The third kappa shape index (κ3) is 9.80. The summed E-state index contributed by atoms with van der Waals surface area (Å²) in [4.78, 5) is 28.3. The summed E-state index contributed by atoms with van der Waals surface area (Å²) >= 11 is 0. The number of piperazine rings is 2. The van der Waals surface area contributed by atoms with Gasteiger partial charge in [0.05, 0.1) is 4.90 Å². The number of carbonyl (C=O) groups excluding carboxylic acids is 1. The first-order valence-electron chi connectivity index (χ1n) is 12.5. The first kappa shape index (κ1) is 32.0. The van der Waals surface area contributed by atoms with Crippen LogP contribution in [0.25, 0.3) is 0 Å². The maximum absolute atomic E-state index is 13.5. The van der Waals surface area contributed by atoms with Gasteiger partial charge in [0.1, 0.15) is 0 Å². The van der Waals surface area contributed by atoms with Gasteiger partial charge in [-0.25, -0.2) is 13.2 Å². The molecule has 2 heterocycles. The number of sulfonamides is 1. The highest BCUT2D eigenvalue weighted by Crippen LogP contribution is 2.20. The van der Waals surface area contributed by atoms with Crippen molar-refractivity contribution in [2.24, 2.45) is 0 Å². The van der Waals surface area contributed by atoms with Gasteiger partial charge in [-0.2, -0.15) is 17.5 Å². The van der Waals surface area contributed by atoms with Gasteiger partial charge in [-0.05, 0) is 44.2 Å². The van der Waals surface area contributed by atoms with Crippen molar-refractivity contribution in [1.29, 1.82) is 0 Å². The van der Waals surface area contributed by atoms with Crippen LogP contribution in [0.1, 0.15) is 17.5 Å². The third-order valence-electron chi connectivity index (χ3n) is 6.66. The Labute approximate surface area is 222 Å². The quantitative estimate of drug-likeness (QED) is 0.480. The summed E-state index contributed by atoms with van der Waals surface area (Å²) in [5, 5.41) is 10.4. The van der Waals surface area contributed by atoms with E-state index < -0.39 is 22.2 Å². The molecule has 0 aliphatic carbocycles. The van der Waals surface area contributed by atoms with E-state index >= 15 is 0 Å². The molecule has 10 nitrogen and oxygen atoms in total. The summed E-state index contributed by atoms with van der Waals surface area (Å²) in [7, 11) is -1.56. The Bertz CT molecular complexity index is 1040. The molecule has 216 valence electrons. The molecule has 2 aliphatic heterocycles. The van der Waals surface area contributed by atoms with E-state index in [0.29, 0.717) is 31.1 Å². The first-order valence-corrected chi connectivity index (χ1v) is 13.9. The van der Waals surface area contributed by atoms with Gasteiger partial charge in [-0.1, -0.05) is 6.07 Å². The summed E-state index contributed by atoms with van der Waals surface area (Å²) in [6.07, 6.45) is -4.87. The standard InChI is InChI=1S/C22H37N5O3S.C2HF3O2/c1-19-4-5-21(18-20(19)2)31(29,30)27(17-16-25-14-12-24(3)13-15-25)9-6-22(28)26-10-7-23-8-11-26;3-2(4,5)1(6)7/h4-5,18,23H,6-17H2,1-3H3;(H,6,7). The van der Waals surface area contributed by atoms with Gasteiger partial charge in [0.15, 0.2) is 0 Å². The number of hydrogen-bond acceptors (Lipinski definition) is 7. The average molecular weight is 566 g/mol. The van der Waals surface area contributed by atoms with Crippen LogP contribution in [0.4, 0.5) is 13.2 Å². The number of carboxylic acids is 1. The molecule has 0 aromatic heterocycles. The highest BCUT2D eigenvalue weighted by Gasteiger charge is 2.38. The van der Waals surface area contributed by atoms with E-state index in [1.165, 1.54) is 4.31 Å². The number of likely N-dealkylation sites (N-methyl/N-ethyl adjacent to an activating group) is 1. The number of benzene rings is 1. The summed E-state index contributed by atoms with van der Waals surface area (Å²) in [5.41, 5.74) is 2.02. The zero-order valence-electron chi connectivity index (χ0n) is 22.1. The van der Waals surface area contributed by atoms with Crippen molar-refractivity contribution in [3.63, 3.8) is 0 Å². The lowest BCUT2D eigenvalue weighted by molar-refractivity contribution is -0.192. The third-order valence-corrected chi connectivity index (χ3v) is 8.56. The second-order valence-corrected chi connectivity index (χ2v) is 11.4. The van der Waals surface area contributed by atoms with Crippen LogP contribution in [0.15, 0.2) is 23.1 Å². The average Bonchev–Trinajstić information content (AvgIpc) is 2.86. The number of aliphatic carboxylic acids is 1. The highest BCUT2D eigenvalue weighted by atomic mass is 32.2. The smallest absolute Gasteiger partial charge is 0.475 e. The Balaban J connectivity index is 0.000000638. The molecule has 1 aromatic carbocycles. The second-order valence-electron chi connectivity index (χ2n) is 9.48. The fraction of sp³-hybridized carbons (Fsp3) is 0.667. The number of alkyl halides is 3. The van der Waals surface area contributed by atoms with Crippen molar-refractivity contribution in [1.82, 2.24) is 24.3 Å². The lowest BCUT2D eigenvalue weighted by atomic mass is 10.1. The molecule has 2 N–H and O–H groups in total. The summed E-state index contributed by atoms with van der Waals surface area (Å²) in [5.74, 6) is -2.73. The normalized spacial score (nSPS) is 17.7. The number of aryl methyl sites for hydroxylation is 2. The van der Waals surface area contributed by atoms with Gasteiger partial charge >= 0.3 is 12.1 Å². The number of nitrogens with zero attached hydrogens (tertiary/aromatic N) is 4. The highest BCUT2D eigenvalue weighted by molar-refractivity contribution is 7.89. The van der Waals surface area contributed by atoms with Crippen LogP contribution in [-0.2, 0) is 19.6 Å². The molecule has 3 rings (SSSR count). The van der Waals surface area contributed by atoms with Gasteiger partial charge in [0.25, 0.3) is 0 Å². The van der Waals surface area contributed by atoms with Crippen LogP contribution in [-0.4, -0.2) is 130 Å². The van der Waals surface area contributed by atoms with E-state index in [-0.39, 0.29) is 18.9 Å². The fourth-order valence-corrected chi connectivity index (χ4v) is 5.51. The minimum absolute atomic E-state index is 0.0291. The van der Waals surface area contributed by atoms with E-state index in [2.05, 4.69) is 22.2 Å². The predicted octanol–water partition coefficient (Wildman–Crippen LogP) is 0.997. The molecule has 2 aliphatic rings. The molecular weight excluding hydrogens is 527 g/mol. The summed E-state index contributed by atoms with van der Waals surface area (Å²) in [6, 6.07) is 5.27. The molecule has 1 amide bonds. The largest absolute Gasteiger partial charge is 0.490 e. The van der Waals surface area contributed by atoms with Crippen molar-refractivity contribution in [3.05, 3.63) is 29.3 Å². The van der Waals surface area contributed by atoms with Crippen molar-refractivity contribution in [2.45, 2.75) is 31.3 Å². The van der Waals surface area contributed by atoms with Crippen LogP contribution < -0.4 is 5.32 Å². The molecule has 0 spiro atoms. The SMILES string of the molecule is Cc1ccc(S(=O)(=O)N(CCC(=O)N2CCNCC2)CCN2CCN(C)CC2)cc1C.O=C(O)C(F)(F)F. The van der Waals surface area contributed by atoms with Crippen molar-refractivity contribution in [3.8, 4) is 0 Å². The van der Waals surface area contributed by atoms with Gasteiger partial charge in [-0.15, -0.1) is 0 Å². The minimum Gasteiger partial charge on any atom is -0.475 e. The van der Waals surface area contributed by atoms with Crippen molar-refractivity contribution in [2.75, 3.05) is 79.0 Å². The number of rotatable bonds is 8. The topological polar surface area (TPSA) is 113 Å². The maximum Gasteiger partial charge on any atom is 0.490 e. The Kier molecular flexibility index (Phi) is 12.0. The molecule has 38 heavy (non-hydrogen) atoms. The molecule has 0 unspecified atom stereocenters. The molecule has 0 atom stereocenters. The molecular formula is C24H38F3N5O5S. The van der Waals surface area contributed by atoms with E-state index in [9.17, 15) is 26.4 Å². The number of nitrogens with one attached hydrogen (secondary N) is 1. The minimum atomic E-state index is -5.08. The van der Waals surface area contributed by atoms with Gasteiger partial charge in [0, 0.05) is 78.4 Å². The van der Waals surface area contributed by atoms with Crippen LogP contribution >= 0.6 is 0 Å². The molecule has 2 fully saturated rings. The van der Waals surface area contributed by atoms with Crippen LogP contribution in [0.2, 0.25) is 0 Å². The Morgan fingerprint density at radius 1 is 1.00 bits per heavy atom. The first-order chi connectivity index (χ1) is 17.7. The van der Waals surface area contributed by atoms with E-state index in [1.54, 1.807) is 12.1 Å². The van der Waals surface area contributed by atoms with Crippen LogP contribution in [0.3, 0.4) is 0 Å². The molecule has 0 saturated carbocycles. The Morgan fingerprint density at radius 2 is 1.58 bits per heavy atom. The Hall–Kier alpha value is -2.26. The molecule has 14 heteroatoms. The van der Waals surface area contributed by atoms with E-state index in [0.717, 1.165) is 50.4 Å². The van der Waals surface area contributed by atoms with Gasteiger partial charge in [-0.3, -0.25) is 9.69 Å². The van der Waals surface area contributed by atoms with Crippen LogP contribution in [0, 0.1) is 13.8 Å². The molecule has 2 saturated heterocycles. The predicted molar refractivity (Wildman–Crippen MR) is 136 cm³/mol. The van der Waals surface area contributed by atoms with Crippen molar-refractivity contribution >= 4 is 21.9 Å². The number of hydrogen-bond donors (Lipinski definition) is 2. The second kappa shape index (κ2) is 14.2. The molecule has 0 bridgehead atoms. The monoisotopic (exact) mass is 565 g/mol. The zero-order valence-corrected chi connectivity index (χ0v) is 22.9. The zero-order chi connectivity index (χ0) is 28.5. The van der Waals surface area contributed by atoms with E-state index in [1.807, 2.05) is 24.8 Å². The van der Waals surface area contributed by atoms with Gasteiger partial charge in [0.2, 0.25) is 15.9 Å². The summed E-state index contributed by atoms with van der Waals surface area (Å²) in [6.45, 7) is 12.0. The lowest BCUT2D eigenvalue weighted by Gasteiger charge is -2.34. The lowest BCUT2D eigenvalue weighted by Crippen LogP contribution is -2.49. The number of carbonyl (C=O) groups is 2. The molecule has 0 radical (unpaired) electrons. The summed E-state index contributed by atoms with van der Waals surface area (Å²) < 4.78 is 60.2. The number of halogens is 3. The molecule has 1 aromatic rings. The number of amides is 1. The van der Waals surface area contributed by atoms with Crippen LogP contribution in [0.5, 0.6) is 0 Å². The van der Waals surface area contributed by atoms with Gasteiger partial charge < -0.3 is 20.2 Å². The Morgan fingerprint density at radius 3 is 2.11 bits per heavy atom. The number of carboxylic acid groups (broad SMARTS) is 1. The fourth-order valence-electron chi connectivity index (χ4n) is 3.99.